The average Bonchev–Trinajstić information content (AvgIpc) is 2.83. The maximum absolute atomic E-state index is 12.4. The first-order chi connectivity index (χ1) is 10.7. The smallest absolute Gasteiger partial charge is 0.294 e. The average molecular weight is 323 g/mol. The standard InChI is InChI=1S/C16H21NO6/c1-8-9(2)16(19)12(10(3)15(8)18)5-6-13-11(4)14(7-22-13)23-17(20)21/h11,13-14H,5-7H2,1-4H3/t11-,13?,14+/m0/s1. The van der Waals surface area contributed by atoms with Crippen LogP contribution in [0, 0.1) is 16.0 Å². The van der Waals surface area contributed by atoms with Crippen LogP contribution in [0.5, 0.6) is 0 Å². The molecular formula is C16H21NO6. The van der Waals surface area contributed by atoms with Crippen molar-refractivity contribution >= 4 is 11.6 Å². The minimum Gasteiger partial charge on any atom is -0.376 e. The van der Waals surface area contributed by atoms with E-state index in [9.17, 15) is 19.7 Å². The molecule has 0 amide bonds. The van der Waals surface area contributed by atoms with Crippen molar-refractivity contribution in [1.82, 2.24) is 0 Å². The number of allylic oxidation sites excluding steroid dienone is 4. The molecule has 0 radical (unpaired) electrons. The Morgan fingerprint density at radius 3 is 2.39 bits per heavy atom. The number of ketones is 2. The lowest BCUT2D eigenvalue weighted by Crippen LogP contribution is -2.27. The maximum Gasteiger partial charge on any atom is 0.294 e. The fourth-order valence-electron chi connectivity index (χ4n) is 3.09. The molecule has 23 heavy (non-hydrogen) atoms. The van der Waals surface area contributed by atoms with Crippen LogP contribution >= 0.6 is 0 Å². The van der Waals surface area contributed by atoms with E-state index < -0.39 is 11.2 Å². The van der Waals surface area contributed by atoms with Gasteiger partial charge in [0.05, 0.1) is 12.7 Å². The van der Waals surface area contributed by atoms with Crippen LogP contribution in [-0.4, -0.2) is 35.5 Å². The molecule has 2 aliphatic rings. The Hall–Kier alpha value is -2.02. The maximum atomic E-state index is 12.4. The van der Waals surface area contributed by atoms with E-state index in [1.807, 2.05) is 6.92 Å². The van der Waals surface area contributed by atoms with Gasteiger partial charge in [0.1, 0.15) is 6.10 Å². The minimum atomic E-state index is -0.806. The monoisotopic (exact) mass is 323 g/mol. The summed E-state index contributed by atoms with van der Waals surface area (Å²) in [4.78, 5) is 39.5. The molecule has 1 unspecified atom stereocenters. The molecule has 1 aliphatic heterocycles. The van der Waals surface area contributed by atoms with Crippen LogP contribution in [0.15, 0.2) is 22.3 Å². The Bertz CT molecular complexity index is 618. The van der Waals surface area contributed by atoms with Crippen LogP contribution in [-0.2, 0) is 19.2 Å². The van der Waals surface area contributed by atoms with Crippen LogP contribution in [0.3, 0.4) is 0 Å². The summed E-state index contributed by atoms with van der Waals surface area (Å²) in [6, 6.07) is 0. The summed E-state index contributed by atoms with van der Waals surface area (Å²) in [5, 5.41) is 9.63. The molecule has 0 bridgehead atoms. The number of carbonyl (C=O) groups is 2. The Kier molecular flexibility index (Phi) is 4.99. The SMILES string of the molecule is CC1=C(C)C(=O)C(CCC2OC[C@@H](O[N+](=O)[O-])[C@H]2C)=C(C)C1=O. The molecule has 0 N–H and O–H groups in total. The Labute approximate surface area is 134 Å². The first-order valence-corrected chi connectivity index (χ1v) is 7.63. The molecule has 2 rings (SSSR count). The van der Waals surface area contributed by atoms with Gasteiger partial charge in [-0.05, 0) is 33.6 Å². The molecule has 1 saturated heterocycles. The second-order valence-corrected chi connectivity index (χ2v) is 6.15. The Morgan fingerprint density at radius 1 is 1.17 bits per heavy atom. The lowest BCUT2D eigenvalue weighted by atomic mass is 9.83. The molecule has 7 nitrogen and oxygen atoms in total. The largest absolute Gasteiger partial charge is 0.376 e. The summed E-state index contributed by atoms with van der Waals surface area (Å²) >= 11 is 0. The lowest BCUT2D eigenvalue weighted by Gasteiger charge is -2.21. The van der Waals surface area contributed by atoms with Crippen molar-refractivity contribution in [2.45, 2.75) is 52.7 Å². The molecule has 3 atom stereocenters. The van der Waals surface area contributed by atoms with Gasteiger partial charge in [0, 0.05) is 28.2 Å². The lowest BCUT2D eigenvalue weighted by molar-refractivity contribution is -0.769. The number of ether oxygens (including phenoxy) is 1. The highest BCUT2D eigenvalue weighted by Gasteiger charge is 2.37. The van der Waals surface area contributed by atoms with Gasteiger partial charge in [-0.25, -0.2) is 0 Å². The van der Waals surface area contributed by atoms with E-state index >= 15 is 0 Å². The number of hydrogen-bond donors (Lipinski definition) is 0. The van der Waals surface area contributed by atoms with Crippen molar-refractivity contribution in [1.29, 1.82) is 0 Å². The number of hydrogen-bond acceptors (Lipinski definition) is 6. The van der Waals surface area contributed by atoms with Crippen LogP contribution in [0.2, 0.25) is 0 Å². The molecule has 1 heterocycles. The molecule has 7 heteroatoms. The molecule has 1 fully saturated rings. The second kappa shape index (κ2) is 6.62. The summed E-state index contributed by atoms with van der Waals surface area (Å²) < 4.78 is 5.55. The van der Waals surface area contributed by atoms with Gasteiger partial charge in [0.2, 0.25) is 0 Å². The van der Waals surface area contributed by atoms with Crippen LogP contribution in [0.4, 0.5) is 0 Å². The van der Waals surface area contributed by atoms with Crippen LogP contribution < -0.4 is 0 Å². The topological polar surface area (TPSA) is 95.7 Å². The van der Waals surface area contributed by atoms with Gasteiger partial charge in [-0.2, -0.15) is 0 Å². The summed E-state index contributed by atoms with van der Waals surface area (Å²) in [6.07, 6.45) is 0.130. The zero-order valence-corrected chi connectivity index (χ0v) is 13.8. The zero-order chi connectivity index (χ0) is 17.3. The van der Waals surface area contributed by atoms with Gasteiger partial charge in [-0.1, -0.05) is 6.92 Å². The van der Waals surface area contributed by atoms with Gasteiger partial charge in [0.15, 0.2) is 11.6 Å². The molecule has 0 spiro atoms. The third-order valence-corrected chi connectivity index (χ3v) is 4.86. The highest BCUT2D eigenvalue weighted by Crippen LogP contribution is 2.31. The molecule has 0 aromatic carbocycles. The van der Waals surface area contributed by atoms with Crippen molar-refractivity contribution in [3.63, 3.8) is 0 Å². The van der Waals surface area contributed by atoms with E-state index in [0.717, 1.165) is 0 Å². The predicted molar refractivity (Wildman–Crippen MR) is 81.1 cm³/mol. The van der Waals surface area contributed by atoms with Crippen molar-refractivity contribution in [2.24, 2.45) is 5.92 Å². The number of carbonyl (C=O) groups excluding carboxylic acids is 2. The molecule has 0 aromatic heterocycles. The van der Waals surface area contributed by atoms with Crippen LogP contribution in [0.25, 0.3) is 0 Å². The molecular weight excluding hydrogens is 302 g/mol. The van der Waals surface area contributed by atoms with E-state index in [4.69, 9.17) is 4.74 Å². The summed E-state index contributed by atoms with van der Waals surface area (Å²) in [7, 11) is 0. The van der Waals surface area contributed by atoms with Crippen molar-refractivity contribution in [2.75, 3.05) is 6.61 Å². The molecule has 126 valence electrons. The summed E-state index contributed by atoms with van der Waals surface area (Å²) in [5.41, 5.74) is 2.00. The molecule has 1 aliphatic carbocycles. The van der Waals surface area contributed by atoms with Crippen molar-refractivity contribution < 1.29 is 24.3 Å². The van der Waals surface area contributed by atoms with Gasteiger partial charge in [-0.15, -0.1) is 10.1 Å². The van der Waals surface area contributed by atoms with E-state index in [1.165, 1.54) is 0 Å². The molecule has 0 saturated carbocycles. The van der Waals surface area contributed by atoms with Crippen molar-refractivity contribution in [3.05, 3.63) is 32.4 Å². The third kappa shape index (κ3) is 3.34. The van der Waals surface area contributed by atoms with Gasteiger partial charge in [0.25, 0.3) is 5.09 Å². The number of rotatable bonds is 5. The van der Waals surface area contributed by atoms with E-state index in [2.05, 4.69) is 4.84 Å². The van der Waals surface area contributed by atoms with Gasteiger partial charge < -0.3 is 9.57 Å². The van der Waals surface area contributed by atoms with Crippen LogP contribution in [0.1, 0.15) is 40.5 Å². The fraction of sp³-hybridized carbons (Fsp3) is 0.625. The number of Topliss-reactive ketones (excluding diaryl/α,β-unsaturated/α-hetero) is 2. The minimum absolute atomic E-state index is 0.0907. The first kappa shape index (κ1) is 17.3. The van der Waals surface area contributed by atoms with Crippen molar-refractivity contribution in [3.8, 4) is 0 Å². The molecule has 0 aromatic rings. The normalized spacial score (nSPS) is 28.6. The summed E-state index contributed by atoms with van der Waals surface area (Å²) in [5.74, 6) is -0.329. The second-order valence-electron chi connectivity index (χ2n) is 6.15. The summed E-state index contributed by atoms with van der Waals surface area (Å²) in [6.45, 7) is 6.99. The fourth-order valence-corrected chi connectivity index (χ4v) is 3.09. The third-order valence-electron chi connectivity index (χ3n) is 4.86. The van der Waals surface area contributed by atoms with E-state index in [0.29, 0.717) is 35.1 Å². The van der Waals surface area contributed by atoms with E-state index in [-0.39, 0.29) is 30.2 Å². The highest BCUT2D eigenvalue weighted by atomic mass is 17.0. The predicted octanol–water partition coefficient (Wildman–Crippen LogP) is 2.18. The highest BCUT2D eigenvalue weighted by molar-refractivity contribution is 6.24. The first-order valence-electron chi connectivity index (χ1n) is 7.63. The van der Waals surface area contributed by atoms with Gasteiger partial charge in [-0.3, -0.25) is 9.59 Å². The van der Waals surface area contributed by atoms with E-state index in [1.54, 1.807) is 20.8 Å². The zero-order valence-electron chi connectivity index (χ0n) is 13.8. The number of nitrogens with zero attached hydrogens (tertiary/aromatic N) is 1. The Morgan fingerprint density at radius 2 is 1.78 bits per heavy atom. The quantitative estimate of drug-likeness (QED) is 0.437. The van der Waals surface area contributed by atoms with Gasteiger partial charge >= 0.3 is 0 Å². The Balaban J connectivity index is 2.03.